The number of ether oxygens (including phenoxy) is 4. The number of hydrogen-bond acceptors (Lipinski definition) is 8. The molecule has 2 rings (SSSR count). The molecule has 0 aromatic heterocycles. The highest BCUT2D eigenvalue weighted by molar-refractivity contribution is 5.88. The highest BCUT2D eigenvalue weighted by Crippen LogP contribution is 2.33. The minimum Gasteiger partial charge on any atom is -0.507 e. The van der Waals surface area contributed by atoms with Crippen molar-refractivity contribution in [2.75, 3.05) is 35.0 Å². The van der Waals surface area contributed by atoms with Gasteiger partial charge < -0.3 is 29.2 Å². The van der Waals surface area contributed by atoms with Gasteiger partial charge in [-0.1, -0.05) is 0 Å². The number of aromatic hydroxyl groups is 2. The van der Waals surface area contributed by atoms with E-state index in [-0.39, 0.29) is 17.5 Å². The Hall–Kier alpha value is -3.42. The third-order valence-corrected chi connectivity index (χ3v) is 4.15. The van der Waals surface area contributed by atoms with Gasteiger partial charge >= 0.3 is 0 Å². The fraction of sp³-hybridized carbons (Fsp3) is 0.333. The van der Waals surface area contributed by atoms with Crippen LogP contribution in [0.4, 0.5) is 0 Å². The molecule has 0 heterocycles. The minimum absolute atomic E-state index is 0.00791. The Morgan fingerprint density at radius 2 is 1.28 bits per heavy atom. The summed E-state index contributed by atoms with van der Waals surface area (Å²) in [5, 5.41) is 20.3. The Kier molecular flexibility index (Phi) is 7.70. The molecule has 29 heavy (non-hydrogen) atoms. The summed E-state index contributed by atoms with van der Waals surface area (Å²) in [4.78, 5) is 8.75. The van der Waals surface area contributed by atoms with Crippen LogP contribution < -0.4 is 18.9 Å². The summed E-state index contributed by atoms with van der Waals surface area (Å²) in [6.45, 7) is 2.25. The third-order valence-electron chi connectivity index (χ3n) is 4.15. The predicted octanol–water partition coefficient (Wildman–Crippen LogP) is 3.06. The Morgan fingerprint density at radius 1 is 0.793 bits per heavy atom. The van der Waals surface area contributed by atoms with Crippen LogP contribution >= 0.6 is 0 Å². The summed E-state index contributed by atoms with van der Waals surface area (Å²) in [7, 11) is 6.04. The molecule has 0 aliphatic heterocycles. The lowest BCUT2D eigenvalue weighted by molar-refractivity contribution is 0.383. The van der Waals surface area contributed by atoms with E-state index in [4.69, 9.17) is 18.9 Å². The Balaban J connectivity index is 2.12. The average molecular weight is 402 g/mol. The zero-order chi connectivity index (χ0) is 21.4. The maximum absolute atomic E-state index is 10.2. The van der Waals surface area contributed by atoms with Crippen molar-refractivity contribution in [3.8, 4) is 34.5 Å². The number of hydrogen-bond donors (Lipinski definition) is 2. The second-order valence-corrected chi connectivity index (χ2v) is 6.15. The Bertz CT molecular complexity index is 895. The van der Waals surface area contributed by atoms with E-state index in [0.717, 1.165) is 0 Å². The summed E-state index contributed by atoms with van der Waals surface area (Å²) in [6, 6.07) is 6.14. The standard InChI is InChI=1S/C21H26N2O6/c1-13(23-12-17-19(25)7-15(27-3)9-21(17)29-5)10-22-11-16-18(24)6-14(26-2)8-20(16)28-4/h6-9,11-13,24-25H,10H2,1-5H3/t13-/m1/s1. The zero-order valence-corrected chi connectivity index (χ0v) is 17.2. The van der Waals surface area contributed by atoms with Gasteiger partial charge in [-0.3, -0.25) is 9.98 Å². The SMILES string of the molecule is COc1cc(O)c(C=NC[C@@H](C)N=Cc2c(O)cc(OC)cc2OC)c(OC)c1. The van der Waals surface area contributed by atoms with Crippen molar-refractivity contribution >= 4 is 12.4 Å². The quantitative estimate of drug-likeness (QED) is 0.625. The van der Waals surface area contributed by atoms with Crippen molar-refractivity contribution in [2.45, 2.75) is 13.0 Å². The molecule has 0 fully saturated rings. The normalized spacial score (nSPS) is 12.3. The van der Waals surface area contributed by atoms with Gasteiger partial charge in [-0.2, -0.15) is 0 Å². The molecule has 0 amide bonds. The van der Waals surface area contributed by atoms with E-state index >= 15 is 0 Å². The van der Waals surface area contributed by atoms with Gasteiger partial charge in [0.2, 0.25) is 0 Å². The molecule has 2 N–H and O–H groups in total. The Labute approximate surface area is 170 Å². The molecule has 0 radical (unpaired) electrons. The molecule has 8 heteroatoms. The summed E-state index contributed by atoms with van der Waals surface area (Å²) in [6.07, 6.45) is 3.07. The predicted molar refractivity (Wildman–Crippen MR) is 112 cm³/mol. The second-order valence-electron chi connectivity index (χ2n) is 6.15. The van der Waals surface area contributed by atoms with Crippen molar-refractivity contribution in [1.82, 2.24) is 0 Å². The van der Waals surface area contributed by atoms with Crippen LogP contribution in [0.5, 0.6) is 34.5 Å². The maximum atomic E-state index is 10.2. The zero-order valence-electron chi connectivity index (χ0n) is 17.2. The minimum atomic E-state index is -0.177. The van der Waals surface area contributed by atoms with Crippen LogP contribution in [-0.2, 0) is 0 Å². The number of rotatable bonds is 9. The number of methoxy groups -OCH3 is 4. The first-order valence-corrected chi connectivity index (χ1v) is 8.86. The van der Waals surface area contributed by atoms with Gasteiger partial charge in [0.1, 0.15) is 34.5 Å². The topological polar surface area (TPSA) is 102 Å². The lowest BCUT2D eigenvalue weighted by atomic mass is 10.1. The molecule has 2 aromatic rings. The van der Waals surface area contributed by atoms with Crippen molar-refractivity contribution in [1.29, 1.82) is 0 Å². The molecule has 2 aromatic carbocycles. The molecule has 0 bridgehead atoms. The monoisotopic (exact) mass is 402 g/mol. The number of benzene rings is 2. The molecule has 1 atom stereocenters. The highest BCUT2D eigenvalue weighted by atomic mass is 16.5. The molecule has 156 valence electrons. The molecule has 0 aliphatic rings. The highest BCUT2D eigenvalue weighted by Gasteiger charge is 2.11. The van der Waals surface area contributed by atoms with Crippen molar-refractivity contribution in [3.05, 3.63) is 35.4 Å². The van der Waals surface area contributed by atoms with E-state index in [0.29, 0.717) is 40.7 Å². The van der Waals surface area contributed by atoms with E-state index in [9.17, 15) is 10.2 Å². The molecule has 8 nitrogen and oxygen atoms in total. The van der Waals surface area contributed by atoms with Gasteiger partial charge in [0.15, 0.2) is 0 Å². The van der Waals surface area contributed by atoms with Crippen LogP contribution in [0.15, 0.2) is 34.3 Å². The largest absolute Gasteiger partial charge is 0.507 e. The van der Waals surface area contributed by atoms with Crippen molar-refractivity contribution < 1.29 is 29.2 Å². The van der Waals surface area contributed by atoms with E-state index in [1.807, 2.05) is 6.92 Å². The van der Waals surface area contributed by atoms with Crippen LogP contribution in [-0.4, -0.2) is 63.7 Å². The van der Waals surface area contributed by atoms with Crippen molar-refractivity contribution in [3.63, 3.8) is 0 Å². The first kappa shape index (κ1) is 21.9. The van der Waals surface area contributed by atoms with Crippen LogP contribution in [0.25, 0.3) is 0 Å². The summed E-state index contributed by atoms with van der Waals surface area (Å²) in [5.74, 6) is 1.90. The fourth-order valence-electron chi connectivity index (χ4n) is 2.55. The molecule has 0 aliphatic carbocycles. The lowest BCUT2D eigenvalue weighted by Gasteiger charge is -2.10. The number of phenolic OH excluding ortho intramolecular Hbond substituents is 2. The van der Waals surface area contributed by atoms with Gasteiger partial charge in [-0.05, 0) is 6.92 Å². The summed E-state index contributed by atoms with van der Waals surface area (Å²) in [5.41, 5.74) is 0.914. The number of nitrogens with zero attached hydrogens (tertiary/aromatic N) is 2. The lowest BCUT2D eigenvalue weighted by Crippen LogP contribution is -2.05. The van der Waals surface area contributed by atoms with E-state index in [1.165, 1.54) is 46.8 Å². The van der Waals surface area contributed by atoms with Gasteiger partial charge in [0.25, 0.3) is 0 Å². The number of phenols is 2. The van der Waals surface area contributed by atoms with E-state index in [1.54, 1.807) is 18.3 Å². The van der Waals surface area contributed by atoms with Crippen molar-refractivity contribution in [2.24, 2.45) is 9.98 Å². The van der Waals surface area contributed by atoms with Gasteiger partial charge in [0, 0.05) is 36.7 Å². The molecule has 0 unspecified atom stereocenters. The van der Waals surface area contributed by atoms with Gasteiger partial charge in [0.05, 0.1) is 52.2 Å². The molecular formula is C21H26N2O6. The van der Waals surface area contributed by atoms with Gasteiger partial charge in [-0.25, -0.2) is 0 Å². The van der Waals surface area contributed by atoms with Crippen LogP contribution in [0.3, 0.4) is 0 Å². The van der Waals surface area contributed by atoms with Gasteiger partial charge in [-0.15, -0.1) is 0 Å². The maximum Gasteiger partial charge on any atom is 0.135 e. The summed E-state index contributed by atoms with van der Waals surface area (Å²) < 4.78 is 20.8. The first-order chi connectivity index (χ1) is 13.9. The smallest absolute Gasteiger partial charge is 0.135 e. The molecular weight excluding hydrogens is 376 g/mol. The first-order valence-electron chi connectivity index (χ1n) is 8.86. The van der Waals surface area contributed by atoms with Crippen LogP contribution in [0.1, 0.15) is 18.1 Å². The van der Waals surface area contributed by atoms with Crippen LogP contribution in [0, 0.1) is 0 Å². The second kappa shape index (κ2) is 10.2. The van der Waals surface area contributed by atoms with E-state index in [2.05, 4.69) is 9.98 Å². The molecule has 0 saturated heterocycles. The summed E-state index contributed by atoms with van der Waals surface area (Å²) >= 11 is 0. The van der Waals surface area contributed by atoms with E-state index < -0.39 is 0 Å². The number of aliphatic imine (C=N–C) groups is 2. The molecule has 0 spiro atoms. The average Bonchev–Trinajstić information content (AvgIpc) is 2.72. The third kappa shape index (κ3) is 5.54. The fourth-order valence-corrected chi connectivity index (χ4v) is 2.55. The molecule has 0 saturated carbocycles. The van der Waals surface area contributed by atoms with Crippen LogP contribution in [0.2, 0.25) is 0 Å². The Morgan fingerprint density at radius 3 is 1.72 bits per heavy atom.